The molecule has 1 fully saturated rings. The van der Waals surface area contributed by atoms with Gasteiger partial charge >= 0.3 is 0 Å². The van der Waals surface area contributed by atoms with E-state index in [0.29, 0.717) is 18.1 Å². The van der Waals surface area contributed by atoms with Crippen molar-refractivity contribution < 1.29 is 9.32 Å². The van der Waals surface area contributed by atoms with E-state index in [2.05, 4.69) is 26.1 Å². The molecule has 0 spiro atoms. The third-order valence-electron chi connectivity index (χ3n) is 2.84. The van der Waals surface area contributed by atoms with Crippen LogP contribution in [0.2, 0.25) is 0 Å². The first-order valence-corrected chi connectivity index (χ1v) is 6.97. The molecule has 0 radical (unpaired) electrons. The largest absolute Gasteiger partial charge is 0.338 e. The Kier molecular flexibility index (Phi) is 2.84. The van der Waals surface area contributed by atoms with Gasteiger partial charge in [-0.05, 0) is 40.9 Å². The van der Waals surface area contributed by atoms with Gasteiger partial charge < -0.3 is 4.52 Å². The molecular formula is C11H9BrN2O2S. The molecule has 2 aromatic heterocycles. The van der Waals surface area contributed by atoms with Gasteiger partial charge in [0.15, 0.2) is 0 Å². The summed E-state index contributed by atoms with van der Waals surface area (Å²) in [5.41, 5.74) is 0. The molecule has 0 N–H and O–H groups in total. The molecule has 2 aromatic rings. The highest BCUT2D eigenvalue weighted by Gasteiger charge is 2.31. The first-order chi connectivity index (χ1) is 8.24. The van der Waals surface area contributed by atoms with Gasteiger partial charge in [0, 0.05) is 6.42 Å². The second-order valence-corrected chi connectivity index (χ2v) is 6.43. The van der Waals surface area contributed by atoms with Crippen molar-refractivity contribution in [1.29, 1.82) is 0 Å². The third kappa shape index (κ3) is 2.07. The number of carbonyl (C=O) groups is 1. The fraction of sp³-hybridized carbons (Fsp3) is 0.364. The van der Waals surface area contributed by atoms with E-state index < -0.39 is 0 Å². The van der Waals surface area contributed by atoms with Crippen molar-refractivity contribution >= 4 is 33.0 Å². The summed E-state index contributed by atoms with van der Waals surface area (Å²) in [6, 6.07) is 3.87. The van der Waals surface area contributed by atoms with Crippen LogP contribution in [-0.2, 0) is 4.79 Å². The lowest BCUT2D eigenvalue weighted by Gasteiger charge is -1.98. The molecule has 0 saturated heterocycles. The molecule has 88 valence electrons. The normalized spacial score (nSPS) is 20.1. The number of thiophene rings is 1. The van der Waals surface area contributed by atoms with Gasteiger partial charge in [-0.2, -0.15) is 4.98 Å². The lowest BCUT2D eigenvalue weighted by molar-refractivity contribution is -0.119. The highest BCUT2D eigenvalue weighted by atomic mass is 79.9. The average molecular weight is 313 g/mol. The van der Waals surface area contributed by atoms with Gasteiger partial charge in [-0.3, -0.25) is 4.79 Å². The van der Waals surface area contributed by atoms with Crippen molar-refractivity contribution in [2.24, 2.45) is 0 Å². The van der Waals surface area contributed by atoms with Gasteiger partial charge in [0.05, 0.1) is 14.6 Å². The minimum Gasteiger partial charge on any atom is -0.338 e. The predicted molar refractivity (Wildman–Crippen MR) is 66.9 cm³/mol. The van der Waals surface area contributed by atoms with Crippen LogP contribution in [-0.4, -0.2) is 15.9 Å². The van der Waals surface area contributed by atoms with Gasteiger partial charge in [0.2, 0.25) is 11.7 Å². The molecule has 6 heteroatoms. The summed E-state index contributed by atoms with van der Waals surface area (Å²) >= 11 is 4.93. The minimum absolute atomic E-state index is 0.181. The molecule has 0 bridgehead atoms. The SMILES string of the molecule is O=C1CCCC1c1nc(-c2ccc(Br)s2)no1. The molecule has 17 heavy (non-hydrogen) atoms. The van der Waals surface area contributed by atoms with E-state index in [-0.39, 0.29) is 11.7 Å². The second-order valence-electron chi connectivity index (χ2n) is 3.97. The van der Waals surface area contributed by atoms with Crippen molar-refractivity contribution in [2.75, 3.05) is 0 Å². The van der Waals surface area contributed by atoms with Crippen LogP contribution in [0.4, 0.5) is 0 Å². The predicted octanol–water partition coefficient (Wildman–Crippen LogP) is 3.40. The Labute approximate surface area is 110 Å². The number of aromatic nitrogens is 2. The minimum atomic E-state index is -0.181. The summed E-state index contributed by atoms with van der Waals surface area (Å²) in [5.74, 6) is 1.06. The zero-order valence-corrected chi connectivity index (χ0v) is 11.3. The summed E-state index contributed by atoms with van der Waals surface area (Å²) < 4.78 is 6.22. The maximum atomic E-state index is 11.6. The maximum Gasteiger partial charge on any atom is 0.237 e. The number of hydrogen-bond donors (Lipinski definition) is 0. The van der Waals surface area contributed by atoms with E-state index in [1.165, 1.54) is 0 Å². The first-order valence-electron chi connectivity index (χ1n) is 5.36. The highest BCUT2D eigenvalue weighted by Crippen LogP contribution is 2.33. The molecule has 1 aliphatic carbocycles. The van der Waals surface area contributed by atoms with Gasteiger partial charge in [-0.25, -0.2) is 0 Å². The van der Waals surface area contributed by atoms with E-state index >= 15 is 0 Å². The number of carbonyl (C=O) groups excluding carboxylic acids is 1. The Balaban J connectivity index is 1.90. The van der Waals surface area contributed by atoms with Crippen LogP contribution in [0.25, 0.3) is 10.7 Å². The summed E-state index contributed by atoms with van der Waals surface area (Å²) in [5, 5.41) is 3.93. The molecule has 2 heterocycles. The summed E-state index contributed by atoms with van der Waals surface area (Å²) in [4.78, 5) is 16.9. The summed E-state index contributed by atoms with van der Waals surface area (Å²) in [6.07, 6.45) is 2.38. The Morgan fingerprint density at radius 3 is 3.00 bits per heavy atom. The molecule has 0 aromatic carbocycles. The van der Waals surface area contributed by atoms with Gasteiger partial charge in [0.25, 0.3) is 0 Å². The van der Waals surface area contributed by atoms with Crippen molar-refractivity contribution in [2.45, 2.75) is 25.2 Å². The number of nitrogens with zero attached hydrogens (tertiary/aromatic N) is 2. The lowest BCUT2D eigenvalue weighted by Crippen LogP contribution is -2.04. The summed E-state index contributed by atoms with van der Waals surface area (Å²) in [7, 11) is 0. The number of halogens is 1. The Morgan fingerprint density at radius 1 is 1.47 bits per heavy atom. The fourth-order valence-corrected chi connectivity index (χ4v) is 3.30. The molecule has 1 atom stereocenters. The van der Waals surface area contributed by atoms with Crippen LogP contribution in [0.1, 0.15) is 31.1 Å². The Bertz CT molecular complexity index is 563. The molecule has 1 unspecified atom stereocenters. The first kappa shape index (κ1) is 11.1. The Hall–Kier alpha value is -1.01. The maximum absolute atomic E-state index is 11.6. The smallest absolute Gasteiger partial charge is 0.237 e. The molecule has 4 nitrogen and oxygen atoms in total. The van der Waals surface area contributed by atoms with Crippen molar-refractivity contribution in [3.8, 4) is 10.7 Å². The molecule has 1 aliphatic rings. The number of ketones is 1. The quantitative estimate of drug-likeness (QED) is 0.852. The highest BCUT2D eigenvalue weighted by molar-refractivity contribution is 9.11. The monoisotopic (exact) mass is 312 g/mol. The van der Waals surface area contributed by atoms with Crippen LogP contribution in [0, 0.1) is 0 Å². The molecular weight excluding hydrogens is 304 g/mol. The second kappa shape index (κ2) is 4.34. The zero-order valence-electron chi connectivity index (χ0n) is 8.85. The standard InChI is InChI=1S/C11H9BrN2O2S/c12-9-5-4-8(17-9)10-13-11(16-14-10)6-2-1-3-7(6)15/h4-6H,1-3H2. The number of Topliss-reactive ketones (excluding diaryl/α,β-unsaturated/α-hetero) is 1. The zero-order chi connectivity index (χ0) is 11.8. The van der Waals surface area contributed by atoms with Crippen LogP contribution >= 0.6 is 27.3 Å². The van der Waals surface area contributed by atoms with E-state index in [4.69, 9.17) is 4.52 Å². The van der Waals surface area contributed by atoms with E-state index in [1.54, 1.807) is 11.3 Å². The van der Waals surface area contributed by atoms with Crippen LogP contribution < -0.4 is 0 Å². The van der Waals surface area contributed by atoms with Crippen molar-refractivity contribution in [3.63, 3.8) is 0 Å². The summed E-state index contributed by atoms with van der Waals surface area (Å²) in [6.45, 7) is 0. The molecule has 0 amide bonds. The Morgan fingerprint density at radius 2 is 2.35 bits per heavy atom. The van der Waals surface area contributed by atoms with Crippen LogP contribution in [0.15, 0.2) is 20.4 Å². The van der Waals surface area contributed by atoms with Gasteiger partial charge in [-0.15, -0.1) is 11.3 Å². The molecule has 1 saturated carbocycles. The molecule has 3 rings (SSSR count). The van der Waals surface area contributed by atoms with Gasteiger partial charge in [0.1, 0.15) is 5.78 Å². The van der Waals surface area contributed by atoms with Crippen molar-refractivity contribution in [1.82, 2.24) is 10.1 Å². The molecule has 0 aliphatic heterocycles. The van der Waals surface area contributed by atoms with E-state index in [1.807, 2.05) is 12.1 Å². The van der Waals surface area contributed by atoms with E-state index in [0.717, 1.165) is 21.5 Å². The van der Waals surface area contributed by atoms with Crippen LogP contribution in [0.3, 0.4) is 0 Å². The lowest BCUT2D eigenvalue weighted by atomic mass is 10.1. The van der Waals surface area contributed by atoms with E-state index in [9.17, 15) is 4.79 Å². The van der Waals surface area contributed by atoms with Crippen molar-refractivity contribution in [3.05, 3.63) is 21.8 Å². The topological polar surface area (TPSA) is 56.0 Å². The third-order valence-corrected chi connectivity index (χ3v) is 4.46. The van der Waals surface area contributed by atoms with Gasteiger partial charge in [-0.1, -0.05) is 5.16 Å². The number of hydrogen-bond acceptors (Lipinski definition) is 5. The number of rotatable bonds is 2. The fourth-order valence-electron chi connectivity index (χ4n) is 1.99. The average Bonchev–Trinajstić information content (AvgIpc) is 2.97. The van der Waals surface area contributed by atoms with Crippen LogP contribution in [0.5, 0.6) is 0 Å².